The average molecular weight is 327 g/mol. The molecule has 3 N–H and O–H groups in total. The predicted octanol–water partition coefficient (Wildman–Crippen LogP) is 1.96. The highest BCUT2D eigenvalue weighted by atomic mass is 127. The van der Waals surface area contributed by atoms with E-state index >= 15 is 0 Å². The highest BCUT2D eigenvalue weighted by Gasteiger charge is 2.10. The van der Waals surface area contributed by atoms with Crippen LogP contribution in [-0.4, -0.2) is 15.1 Å². The molecule has 5 heteroatoms. The van der Waals surface area contributed by atoms with E-state index in [0.717, 1.165) is 11.3 Å². The van der Waals surface area contributed by atoms with E-state index in [4.69, 9.17) is 5.73 Å². The van der Waals surface area contributed by atoms with Crippen molar-refractivity contribution in [2.75, 3.05) is 5.73 Å². The second-order valence-electron chi connectivity index (χ2n) is 3.33. The number of rotatable bonds is 2. The number of hydrogen-bond acceptors (Lipinski definition) is 4. The molecule has 0 aliphatic carbocycles. The Bertz CT molecular complexity index is 502. The highest BCUT2D eigenvalue weighted by molar-refractivity contribution is 14.1. The Balaban J connectivity index is 2.35. The lowest BCUT2D eigenvalue weighted by molar-refractivity contribution is 0.447. The summed E-state index contributed by atoms with van der Waals surface area (Å²) in [5.74, 6) is 0.0443. The number of nitrogen functional groups attached to an aromatic ring is 1. The number of nitrogens with zero attached hydrogens (tertiary/aromatic N) is 2. The molecular formula is C11H10IN3O. The summed E-state index contributed by atoms with van der Waals surface area (Å²) in [4.78, 5) is 7.82. The summed E-state index contributed by atoms with van der Waals surface area (Å²) in [7, 11) is 0. The third-order valence-electron chi connectivity index (χ3n) is 2.13. The summed E-state index contributed by atoms with van der Waals surface area (Å²) < 4.78 is 0.649. The summed E-state index contributed by atoms with van der Waals surface area (Å²) in [5.41, 5.74) is 7.37. The summed E-state index contributed by atoms with van der Waals surface area (Å²) >= 11 is 2.02. The van der Waals surface area contributed by atoms with Crippen LogP contribution in [0.15, 0.2) is 30.3 Å². The Labute approximate surface area is 107 Å². The molecule has 0 aliphatic rings. The number of aromatic hydroxyl groups is 1. The molecule has 0 aliphatic heterocycles. The summed E-state index contributed by atoms with van der Waals surface area (Å²) in [6.07, 6.45) is 0.638. The minimum Gasteiger partial charge on any atom is -0.492 e. The van der Waals surface area contributed by atoms with E-state index in [1.165, 1.54) is 0 Å². The van der Waals surface area contributed by atoms with Crippen molar-refractivity contribution in [3.05, 3.63) is 45.2 Å². The standard InChI is InChI=1S/C11H10IN3O/c12-9-8(14-11(13)15-10(9)16)6-7-4-2-1-3-5-7/h1-5H,6H2,(H3,13,14,15,16). The van der Waals surface area contributed by atoms with Gasteiger partial charge in [-0.2, -0.15) is 4.98 Å². The summed E-state index contributed by atoms with van der Waals surface area (Å²) in [5, 5.41) is 9.52. The van der Waals surface area contributed by atoms with Gasteiger partial charge in [-0.05, 0) is 28.2 Å². The van der Waals surface area contributed by atoms with Gasteiger partial charge in [-0.15, -0.1) is 0 Å². The molecule has 2 rings (SSSR count). The van der Waals surface area contributed by atoms with Crippen molar-refractivity contribution in [3.63, 3.8) is 0 Å². The second-order valence-corrected chi connectivity index (χ2v) is 4.41. The largest absolute Gasteiger partial charge is 0.492 e. The number of benzene rings is 1. The minimum atomic E-state index is -0.0565. The second kappa shape index (κ2) is 4.65. The van der Waals surface area contributed by atoms with Gasteiger partial charge < -0.3 is 10.8 Å². The van der Waals surface area contributed by atoms with Gasteiger partial charge >= 0.3 is 0 Å². The molecule has 1 aromatic carbocycles. The lowest BCUT2D eigenvalue weighted by Crippen LogP contribution is -2.03. The van der Waals surface area contributed by atoms with E-state index in [1.54, 1.807) is 0 Å². The first-order valence-electron chi connectivity index (χ1n) is 4.71. The summed E-state index contributed by atoms with van der Waals surface area (Å²) in [6, 6.07) is 9.90. The van der Waals surface area contributed by atoms with Gasteiger partial charge in [0.05, 0.1) is 9.26 Å². The summed E-state index contributed by atoms with van der Waals surface area (Å²) in [6.45, 7) is 0. The first kappa shape index (κ1) is 11.1. The van der Waals surface area contributed by atoms with Crippen molar-refractivity contribution >= 4 is 28.5 Å². The smallest absolute Gasteiger partial charge is 0.229 e. The molecule has 0 amide bonds. The lowest BCUT2D eigenvalue weighted by atomic mass is 10.1. The van der Waals surface area contributed by atoms with Gasteiger partial charge in [0.1, 0.15) is 0 Å². The van der Waals surface area contributed by atoms with Crippen LogP contribution in [0.5, 0.6) is 5.88 Å². The van der Waals surface area contributed by atoms with Crippen LogP contribution in [0.1, 0.15) is 11.3 Å². The molecular weight excluding hydrogens is 317 g/mol. The molecule has 2 aromatic rings. The first-order valence-corrected chi connectivity index (χ1v) is 5.79. The minimum absolute atomic E-state index is 0.0565. The van der Waals surface area contributed by atoms with Crippen molar-refractivity contribution in [2.24, 2.45) is 0 Å². The molecule has 0 unspecified atom stereocenters. The first-order chi connectivity index (χ1) is 7.66. The maximum absolute atomic E-state index is 9.52. The fraction of sp³-hybridized carbons (Fsp3) is 0.0909. The molecule has 0 atom stereocenters. The molecule has 16 heavy (non-hydrogen) atoms. The van der Waals surface area contributed by atoms with Crippen molar-refractivity contribution in [2.45, 2.75) is 6.42 Å². The van der Waals surface area contributed by atoms with Gasteiger partial charge in [-0.25, -0.2) is 4.98 Å². The van der Waals surface area contributed by atoms with Crippen LogP contribution in [0.25, 0.3) is 0 Å². The molecule has 1 heterocycles. The molecule has 0 bridgehead atoms. The van der Waals surface area contributed by atoms with Crippen LogP contribution in [0.3, 0.4) is 0 Å². The van der Waals surface area contributed by atoms with Gasteiger partial charge in [0.15, 0.2) is 0 Å². The van der Waals surface area contributed by atoms with Crippen LogP contribution in [-0.2, 0) is 6.42 Å². The van der Waals surface area contributed by atoms with Crippen LogP contribution >= 0.6 is 22.6 Å². The maximum Gasteiger partial charge on any atom is 0.229 e. The zero-order valence-electron chi connectivity index (χ0n) is 8.39. The predicted molar refractivity (Wildman–Crippen MR) is 70.1 cm³/mol. The Kier molecular flexibility index (Phi) is 3.23. The van der Waals surface area contributed by atoms with E-state index in [1.807, 2.05) is 52.9 Å². The Morgan fingerprint density at radius 2 is 1.88 bits per heavy atom. The van der Waals surface area contributed by atoms with E-state index in [0.29, 0.717) is 9.99 Å². The zero-order chi connectivity index (χ0) is 11.5. The van der Waals surface area contributed by atoms with Crippen LogP contribution in [0, 0.1) is 3.57 Å². The normalized spacial score (nSPS) is 10.3. The molecule has 0 saturated heterocycles. The molecule has 1 aromatic heterocycles. The number of aromatic nitrogens is 2. The maximum atomic E-state index is 9.52. The van der Waals surface area contributed by atoms with E-state index < -0.39 is 0 Å². The zero-order valence-corrected chi connectivity index (χ0v) is 10.5. The van der Waals surface area contributed by atoms with E-state index in [-0.39, 0.29) is 11.8 Å². The van der Waals surface area contributed by atoms with Gasteiger partial charge in [0, 0.05) is 6.42 Å². The number of halogens is 1. The molecule has 0 fully saturated rings. The van der Waals surface area contributed by atoms with Crippen LogP contribution < -0.4 is 5.73 Å². The van der Waals surface area contributed by atoms with Gasteiger partial charge in [0.25, 0.3) is 0 Å². The van der Waals surface area contributed by atoms with Crippen molar-refractivity contribution in [1.29, 1.82) is 0 Å². The van der Waals surface area contributed by atoms with Gasteiger partial charge in [0.2, 0.25) is 11.8 Å². The SMILES string of the molecule is Nc1nc(O)c(I)c(Cc2ccccc2)n1. The van der Waals surface area contributed by atoms with Crippen molar-refractivity contribution in [1.82, 2.24) is 9.97 Å². The Morgan fingerprint density at radius 1 is 1.19 bits per heavy atom. The van der Waals surface area contributed by atoms with Crippen molar-refractivity contribution in [3.8, 4) is 5.88 Å². The van der Waals surface area contributed by atoms with E-state index in [9.17, 15) is 5.11 Å². The molecule has 0 saturated carbocycles. The van der Waals surface area contributed by atoms with Gasteiger partial charge in [-0.3, -0.25) is 0 Å². The van der Waals surface area contributed by atoms with Crippen LogP contribution in [0.4, 0.5) is 5.95 Å². The molecule has 4 nitrogen and oxygen atoms in total. The molecule has 0 radical (unpaired) electrons. The Hall–Kier alpha value is -1.37. The van der Waals surface area contributed by atoms with Gasteiger partial charge in [-0.1, -0.05) is 30.3 Å². The molecule has 82 valence electrons. The lowest BCUT2D eigenvalue weighted by Gasteiger charge is -2.05. The fourth-order valence-corrected chi connectivity index (χ4v) is 1.84. The topological polar surface area (TPSA) is 72.0 Å². The fourth-order valence-electron chi connectivity index (χ4n) is 1.41. The Morgan fingerprint density at radius 3 is 2.56 bits per heavy atom. The quantitative estimate of drug-likeness (QED) is 0.827. The third kappa shape index (κ3) is 2.41. The van der Waals surface area contributed by atoms with Crippen LogP contribution in [0.2, 0.25) is 0 Å². The highest BCUT2D eigenvalue weighted by Crippen LogP contribution is 2.22. The monoisotopic (exact) mass is 327 g/mol. The number of hydrogen-bond donors (Lipinski definition) is 2. The third-order valence-corrected chi connectivity index (χ3v) is 3.24. The number of anilines is 1. The number of nitrogens with two attached hydrogens (primary N) is 1. The average Bonchev–Trinajstić information content (AvgIpc) is 2.27. The van der Waals surface area contributed by atoms with Crippen molar-refractivity contribution < 1.29 is 5.11 Å². The van der Waals surface area contributed by atoms with E-state index in [2.05, 4.69) is 9.97 Å². The molecule has 0 spiro atoms.